The number of hydrogen-bond acceptors (Lipinski definition) is 5. The first-order valence-corrected chi connectivity index (χ1v) is 12.1. The summed E-state index contributed by atoms with van der Waals surface area (Å²) >= 11 is 0. The second-order valence-electron chi connectivity index (χ2n) is 8.53. The molecule has 0 unspecified atom stereocenters. The number of nitrogens with zero attached hydrogens (tertiary/aromatic N) is 3. The van der Waals surface area contributed by atoms with E-state index in [1.54, 1.807) is 53.5 Å². The summed E-state index contributed by atoms with van der Waals surface area (Å²) < 4.78 is 7.51. The number of nitrogens with one attached hydrogen (secondary N) is 3. The van der Waals surface area contributed by atoms with Crippen molar-refractivity contribution in [3.63, 3.8) is 0 Å². The van der Waals surface area contributed by atoms with Gasteiger partial charge in [0, 0.05) is 41.0 Å². The minimum Gasteiger partial charge on any atom is -0.456 e. The number of carbonyl (C=O) groups is 1. The molecule has 5 aromatic rings. The van der Waals surface area contributed by atoms with Crippen LogP contribution in [0.2, 0.25) is 0 Å². The smallest absolute Gasteiger partial charge is 0.324 e. The number of aromatic amines is 1. The van der Waals surface area contributed by atoms with Crippen LogP contribution in [0.25, 0.3) is 16.6 Å². The third-order valence-corrected chi connectivity index (χ3v) is 5.70. The molecule has 0 aliphatic carbocycles. The fraction of sp³-hybridized carbons (Fsp3) is 0.143. The summed E-state index contributed by atoms with van der Waals surface area (Å²) in [5, 5.41) is 11.4. The van der Waals surface area contributed by atoms with Crippen LogP contribution in [0.3, 0.4) is 0 Å². The summed E-state index contributed by atoms with van der Waals surface area (Å²) in [6.07, 6.45) is 6.12. The molecule has 0 fully saturated rings. The molecule has 3 aromatic heterocycles. The first kappa shape index (κ1) is 23.8. The number of rotatable bonds is 8. The fourth-order valence-electron chi connectivity index (χ4n) is 3.93. The number of pyridine rings is 2. The predicted octanol–water partition coefficient (Wildman–Crippen LogP) is 5.89. The standard InChI is InChI=1S/C28H26N6O3/c1-2-3-6-21-17-26(34(33-21)22-11-12-25-19(15-22)10-13-27(35)31-25)32-28(36)30-20-7-4-8-23(16-20)37-24-9-5-14-29-18-24/h4-5,7-18H,2-3,6H2,1H3,(H,31,35)(H2,30,32,36). The van der Waals surface area contributed by atoms with Crippen molar-refractivity contribution < 1.29 is 9.53 Å². The maximum absolute atomic E-state index is 13.0. The van der Waals surface area contributed by atoms with E-state index in [0.717, 1.165) is 41.5 Å². The number of anilines is 2. The van der Waals surface area contributed by atoms with Gasteiger partial charge in [-0.3, -0.25) is 15.1 Å². The maximum atomic E-state index is 13.0. The molecule has 0 saturated heterocycles. The lowest BCUT2D eigenvalue weighted by atomic mass is 10.2. The highest BCUT2D eigenvalue weighted by Gasteiger charge is 2.14. The van der Waals surface area contributed by atoms with Gasteiger partial charge in [0.15, 0.2) is 0 Å². The zero-order valence-electron chi connectivity index (χ0n) is 20.3. The van der Waals surface area contributed by atoms with E-state index in [1.165, 1.54) is 6.07 Å². The Balaban J connectivity index is 1.37. The molecule has 0 atom stereocenters. The first-order valence-electron chi connectivity index (χ1n) is 12.1. The highest BCUT2D eigenvalue weighted by atomic mass is 16.5. The number of urea groups is 1. The number of fused-ring (bicyclic) bond motifs is 1. The number of hydrogen-bond donors (Lipinski definition) is 3. The second-order valence-corrected chi connectivity index (χ2v) is 8.53. The number of carbonyl (C=O) groups excluding carboxylic acids is 1. The van der Waals surface area contributed by atoms with Crippen molar-refractivity contribution in [1.82, 2.24) is 19.7 Å². The van der Waals surface area contributed by atoms with Gasteiger partial charge in [0.1, 0.15) is 17.3 Å². The summed E-state index contributed by atoms with van der Waals surface area (Å²) in [6.45, 7) is 2.12. The Morgan fingerprint density at radius 1 is 1.00 bits per heavy atom. The molecule has 3 N–H and O–H groups in total. The first-order chi connectivity index (χ1) is 18.1. The molecule has 2 amide bonds. The van der Waals surface area contributed by atoms with Crippen molar-refractivity contribution in [1.29, 1.82) is 0 Å². The Morgan fingerprint density at radius 2 is 1.89 bits per heavy atom. The number of H-pyrrole nitrogens is 1. The second kappa shape index (κ2) is 10.8. The van der Waals surface area contributed by atoms with Gasteiger partial charge >= 0.3 is 6.03 Å². The number of ether oxygens (including phenoxy) is 1. The molecule has 9 heteroatoms. The van der Waals surface area contributed by atoms with Crippen molar-refractivity contribution in [3.8, 4) is 17.2 Å². The number of amides is 2. The topological polar surface area (TPSA) is 114 Å². The Morgan fingerprint density at radius 3 is 2.73 bits per heavy atom. The summed E-state index contributed by atoms with van der Waals surface area (Å²) in [5.41, 5.74) is 2.80. The van der Waals surface area contributed by atoms with Crippen LogP contribution in [-0.4, -0.2) is 25.8 Å². The minimum atomic E-state index is -0.410. The van der Waals surface area contributed by atoms with Gasteiger partial charge in [0.05, 0.1) is 17.6 Å². The van der Waals surface area contributed by atoms with Gasteiger partial charge < -0.3 is 15.0 Å². The molecule has 0 radical (unpaired) electrons. The molecule has 186 valence electrons. The molecule has 5 rings (SSSR count). The molecule has 0 bridgehead atoms. The molecule has 0 aliphatic heterocycles. The quantitative estimate of drug-likeness (QED) is 0.249. The largest absolute Gasteiger partial charge is 0.456 e. The Kier molecular flexibility index (Phi) is 6.93. The van der Waals surface area contributed by atoms with Crippen molar-refractivity contribution in [3.05, 3.63) is 101 Å². The lowest BCUT2D eigenvalue weighted by Crippen LogP contribution is -2.21. The Labute approximate surface area is 213 Å². The van der Waals surface area contributed by atoms with Crippen LogP contribution in [0.15, 0.2) is 90.0 Å². The van der Waals surface area contributed by atoms with Crippen LogP contribution in [0, 0.1) is 0 Å². The van der Waals surface area contributed by atoms with Gasteiger partial charge in [-0.25, -0.2) is 9.48 Å². The number of aromatic nitrogens is 4. The van der Waals surface area contributed by atoms with Gasteiger partial charge in [-0.05, 0) is 61.4 Å². The van der Waals surface area contributed by atoms with E-state index < -0.39 is 6.03 Å². The summed E-state index contributed by atoms with van der Waals surface area (Å²) in [6, 6.07) is 21.1. The van der Waals surface area contributed by atoms with Crippen LogP contribution >= 0.6 is 0 Å². The van der Waals surface area contributed by atoms with Crippen LogP contribution in [-0.2, 0) is 6.42 Å². The summed E-state index contributed by atoms with van der Waals surface area (Å²) in [7, 11) is 0. The summed E-state index contributed by atoms with van der Waals surface area (Å²) in [5.74, 6) is 1.72. The fourth-order valence-corrected chi connectivity index (χ4v) is 3.93. The van der Waals surface area contributed by atoms with Crippen LogP contribution in [0.5, 0.6) is 11.5 Å². The zero-order chi connectivity index (χ0) is 25.6. The van der Waals surface area contributed by atoms with Crippen LogP contribution in [0.4, 0.5) is 16.3 Å². The molecule has 0 aliphatic rings. The number of unbranched alkanes of at least 4 members (excludes halogenated alkanes) is 1. The van der Waals surface area contributed by atoms with Crippen LogP contribution < -0.4 is 20.9 Å². The van der Waals surface area contributed by atoms with Crippen LogP contribution in [0.1, 0.15) is 25.5 Å². The molecule has 9 nitrogen and oxygen atoms in total. The Hall–Kier alpha value is -4.92. The predicted molar refractivity (Wildman–Crippen MR) is 144 cm³/mol. The average molecular weight is 495 g/mol. The summed E-state index contributed by atoms with van der Waals surface area (Å²) in [4.78, 5) is 31.5. The normalized spacial score (nSPS) is 10.8. The lowest BCUT2D eigenvalue weighted by Gasteiger charge is -2.12. The van der Waals surface area contributed by atoms with E-state index in [9.17, 15) is 9.59 Å². The van der Waals surface area contributed by atoms with Gasteiger partial charge in [-0.15, -0.1) is 0 Å². The van der Waals surface area contributed by atoms with Crippen molar-refractivity contribution in [2.75, 3.05) is 10.6 Å². The third-order valence-electron chi connectivity index (χ3n) is 5.70. The van der Waals surface area contributed by atoms with Crippen molar-refractivity contribution in [2.24, 2.45) is 0 Å². The number of aryl methyl sites for hydroxylation is 1. The van der Waals surface area contributed by atoms with Gasteiger partial charge in [0.2, 0.25) is 5.56 Å². The minimum absolute atomic E-state index is 0.157. The van der Waals surface area contributed by atoms with E-state index in [1.807, 2.05) is 30.3 Å². The monoisotopic (exact) mass is 494 g/mol. The molecule has 0 spiro atoms. The van der Waals surface area contributed by atoms with Gasteiger partial charge in [-0.1, -0.05) is 19.4 Å². The van der Waals surface area contributed by atoms with E-state index in [2.05, 4.69) is 27.5 Å². The zero-order valence-corrected chi connectivity index (χ0v) is 20.3. The Bertz CT molecular complexity index is 1590. The van der Waals surface area contributed by atoms with Gasteiger partial charge in [-0.2, -0.15) is 5.10 Å². The molecule has 3 heterocycles. The van der Waals surface area contributed by atoms with E-state index in [-0.39, 0.29) is 5.56 Å². The average Bonchev–Trinajstić information content (AvgIpc) is 3.30. The molecule has 37 heavy (non-hydrogen) atoms. The highest BCUT2D eigenvalue weighted by Crippen LogP contribution is 2.25. The molecule has 2 aromatic carbocycles. The molecular weight excluding hydrogens is 468 g/mol. The van der Waals surface area contributed by atoms with Crippen molar-refractivity contribution >= 4 is 28.4 Å². The van der Waals surface area contributed by atoms with E-state index in [0.29, 0.717) is 23.0 Å². The highest BCUT2D eigenvalue weighted by molar-refractivity contribution is 5.99. The van der Waals surface area contributed by atoms with E-state index in [4.69, 9.17) is 9.84 Å². The van der Waals surface area contributed by atoms with Gasteiger partial charge in [0.25, 0.3) is 0 Å². The number of benzene rings is 2. The van der Waals surface area contributed by atoms with E-state index >= 15 is 0 Å². The lowest BCUT2D eigenvalue weighted by molar-refractivity contribution is 0.262. The van der Waals surface area contributed by atoms with Crippen molar-refractivity contribution in [2.45, 2.75) is 26.2 Å². The SMILES string of the molecule is CCCCc1cc(NC(=O)Nc2cccc(Oc3cccnc3)c2)n(-c2ccc3[nH]c(=O)ccc3c2)n1. The maximum Gasteiger partial charge on any atom is 0.324 e. The molecular formula is C28H26N6O3. The third kappa shape index (κ3) is 5.84. The molecule has 0 saturated carbocycles.